The highest BCUT2D eigenvalue weighted by molar-refractivity contribution is 6.30. The molecule has 2 aromatic carbocycles. The first-order valence-electron chi connectivity index (χ1n) is 11.6. The van der Waals surface area contributed by atoms with Gasteiger partial charge in [-0.1, -0.05) is 41.4 Å². The molecule has 0 spiro atoms. The molecule has 4 rings (SSSR count). The molecule has 9 nitrogen and oxygen atoms in total. The summed E-state index contributed by atoms with van der Waals surface area (Å²) in [4.78, 5) is 25.4. The van der Waals surface area contributed by atoms with E-state index in [1.165, 1.54) is 4.68 Å². The number of nitrogens with zero attached hydrogens (tertiary/aromatic N) is 4. The van der Waals surface area contributed by atoms with Gasteiger partial charge in [0.1, 0.15) is 23.1 Å². The highest BCUT2D eigenvalue weighted by atomic mass is 35.5. The lowest BCUT2D eigenvalue weighted by Gasteiger charge is -2.11. The Bertz CT molecular complexity index is 1540. The number of aryl methyl sites for hydroxylation is 1. The number of rotatable bonds is 9. The van der Waals surface area contributed by atoms with Crippen LogP contribution in [0.5, 0.6) is 0 Å². The Hall–Kier alpha value is -4.63. The van der Waals surface area contributed by atoms with Crippen molar-refractivity contribution in [2.24, 2.45) is 0 Å². The number of alkyl halides is 3. The van der Waals surface area contributed by atoms with Crippen LogP contribution in [0.1, 0.15) is 49.8 Å². The van der Waals surface area contributed by atoms with Gasteiger partial charge >= 0.3 is 6.18 Å². The summed E-state index contributed by atoms with van der Waals surface area (Å²) >= 11 is 6.01. The van der Waals surface area contributed by atoms with Crippen LogP contribution >= 0.6 is 11.6 Å². The van der Waals surface area contributed by atoms with E-state index in [0.717, 1.165) is 5.56 Å². The van der Waals surface area contributed by atoms with Crippen LogP contribution in [-0.4, -0.2) is 44.8 Å². The molecule has 4 aromatic rings. The van der Waals surface area contributed by atoms with Gasteiger partial charge in [0.15, 0.2) is 11.4 Å². The van der Waals surface area contributed by atoms with Crippen LogP contribution in [0.15, 0.2) is 54.6 Å². The van der Waals surface area contributed by atoms with Gasteiger partial charge in [-0.25, -0.2) is 4.68 Å². The molecule has 0 aliphatic heterocycles. The number of halogens is 4. The number of nitrogens with one attached hydrogen (secondary N) is 3. The van der Waals surface area contributed by atoms with Gasteiger partial charge in [0.2, 0.25) is 5.78 Å². The van der Waals surface area contributed by atoms with E-state index in [9.17, 15) is 28.0 Å². The molecule has 3 N–H and O–H groups in total. The number of hydrogen-bond acceptors (Lipinski definition) is 6. The van der Waals surface area contributed by atoms with Crippen molar-refractivity contribution in [2.45, 2.75) is 19.5 Å². The predicted octanol–water partition coefficient (Wildman–Crippen LogP) is 4.91. The second kappa shape index (κ2) is 11.4. The average Bonchev–Trinajstić information content (AvgIpc) is 3.55. The van der Waals surface area contributed by atoms with E-state index in [-0.39, 0.29) is 35.9 Å². The molecule has 0 unspecified atom stereocenters. The SMILES string of the molecule is Cc1ccc(C(=O)c2nn(-c3ccc(Cl)cc3)c(NCCCNC(=O)c3cc(C(F)(F)F)n[nH]3)c2C#N)cc1. The number of nitriles is 1. The van der Waals surface area contributed by atoms with E-state index >= 15 is 0 Å². The fourth-order valence-corrected chi connectivity index (χ4v) is 3.76. The van der Waals surface area contributed by atoms with Crippen molar-refractivity contribution in [1.82, 2.24) is 25.3 Å². The maximum Gasteiger partial charge on any atom is 0.435 e. The molecule has 0 saturated carbocycles. The maximum atomic E-state index is 13.2. The number of carbonyl (C=O) groups excluding carboxylic acids is 2. The minimum atomic E-state index is -4.66. The summed E-state index contributed by atoms with van der Waals surface area (Å²) in [5.41, 5.74) is 0.394. The topological polar surface area (TPSA) is 128 Å². The largest absolute Gasteiger partial charge is 0.435 e. The Morgan fingerprint density at radius 3 is 2.41 bits per heavy atom. The van der Waals surface area contributed by atoms with E-state index in [0.29, 0.717) is 28.8 Å². The Kier molecular flexibility index (Phi) is 8.01. The number of ketones is 1. The molecule has 200 valence electrons. The molecular formula is C26H21ClF3N7O2. The number of H-pyrrole nitrogens is 1. The highest BCUT2D eigenvalue weighted by Gasteiger charge is 2.34. The van der Waals surface area contributed by atoms with Crippen LogP contribution in [0.4, 0.5) is 19.0 Å². The summed E-state index contributed by atoms with van der Waals surface area (Å²) in [5, 5.41) is 25.6. The van der Waals surface area contributed by atoms with Crippen molar-refractivity contribution in [2.75, 3.05) is 18.4 Å². The summed E-state index contributed by atoms with van der Waals surface area (Å²) in [5.74, 6) is -0.898. The molecule has 1 amide bonds. The number of anilines is 1. The molecular weight excluding hydrogens is 535 g/mol. The Morgan fingerprint density at radius 1 is 1.10 bits per heavy atom. The predicted molar refractivity (Wildman–Crippen MR) is 137 cm³/mol. The summed E-state index contributed by atoms with van der Waals surface area (Å²) in [6.45, 7) is 2.24. The molecule has 2 aromatic heterocycles. The van der Waals surface area contributed by atoms with E-state index in [1.807, 2.05) is 6.92 Å². The molecule has 0 aliphatic rings. The van der Waals surface area contributed by atoms with E-state index < -0.39 is 23.6 Å². The number of benzene rings is 2. The molecule has 0 saturated heterocycles. The third kappa shape index (κ3) is 6.27. The highest BCUT2D eigenvalue weighted by Crippen LogP contribution is 2.28. The minimum Gasteiger partial charge on any atom is -0.369 e. The van der Waals surface area contributed by atoms with Gasteiger partial charge in [0.05, 0.1) is 5.69 Å². The summed E-state index contributed by atoms with van der Waals surface area (Å²) in [6.07, 6.45) is -4.33. The fraction of sp³-hybridized carbons (Fsp3) is 0.192. The summed E-state index contributed by atoms with van der Waals surface area (Å²) in [6, 6.07) is 16.2. The van der Waals surface area contributed by atoms with Crippen molar-refractivity contribution in [1.29, 1.82) is 5.26 Å². The lowest BCUT2D eigenvalue weighted by Crippen LogP contribution is -2.26. The van der Waals surface area contributed by atoms with Crippen LogP contribution in [0.2, 0.25) is 5.02 Å². The molecule has 0 fully saturated rings. The monoisotopic (exact) mass is 555 g/mol. The van der Waals surface area contributed by atoms with Crippen molar-refractivity contribution in [3.05, 3.63) is 93.4 Å². The van der Waals surface area contributed by atoms with Gasteiger partial charge in [-0.05, 0) is 37.6 Å². The van der Waals surface area contributed by atoms with E-state index in [1.54, 1.807) is 48.5 Å². The first kappa shape index (κ1) is 27.4. The molecule has 39 heavy (non-hydrogen) atoms. The standard InChI is InChI=1S/C26H21ClF3N7O2/c1-15-3-5-16(6-4-15)23(38)22-19(14-31)24(37(36-22)18-9-7-17(27)8-10-18)32-11-2-12-33-25(39)20-13-21(35-34-20)26(28,29)30/h3-10,13,32H,2,11-12H2,1H3,(H,33,39)(H,34,35). The number of aromatic amines is 1. The van der Waals surface area contributed by atoms with Gasteiger partial charge in [-0.15, -0.1) is 0 Å². The Labute approximate surface area is 225 Å². The normalized spacial score (nSPS) is 11.2. The lowest BCUT2D eigenvalue weighted by atomic mass is 10.0. The summed E-state index contributed by atoms with van der Waals surface area (Å²) < 4.78 is 39.5. The maximum absolute atomic E-state index is 13.2. The van der Waals surface area contributed by atoms with Gasteiger partial charge in [0, 0.05) is 29.7 Å². The fourth-order valence-electron chi connectivity index (χ4n) is 3.63. The van der Waals surface area contributed by atoms with Gasteiger partial charge in [-0.2, -0.15) is 28.6 Å². The van der Waals surface area contributed by atoms with E-state index in [4.69, 9.17) is 11.6 Å². The van der Waals surface area contributed by atoms with Crippen LogP contribution < -0.4 is 10.6 Å². The van der Waals surface area contributed by atoms with Crippen molar-refractivity contribution < 1.29 is 22.8 Å². The first-order chi connectivity index (χ1) is 18.6. The number of aromatic nitrogens is 4. The molecule has 13 heteroatoms. The van der Waals surface area contributed by atoms with Gasteiger partial charge in [0.25, 0.3) is 5.91 Å². The number of hydrogen-bond donors (Lipinski definition) is 3. The Morgan fingerprint density at radius 2 is 1.79 bits per heavy atom. The number of carbonyl (C=O) groups is 2. The van der Waals surface area contributed by atoms with Crippen LogP contribution in [0.3, 0.4) is 0 Å². The second-order valence-electron chi connectivity index (χ2n) is 8.47. The molecule has 0 radical (unpaired) electrons. The lowest BCUT2D eigenvalue weighted by molar-refractivity contribution is -0.141. The van der Waals surface area contributed by atoms with Crippen molar-refractivity contribution in [3.63, 3.8) is 0 Å². The minimum absolute atomic E-state index is 0.0354. The van der Waals surface area contributed by atoms with Gasteiger partial charge in [-0.3, -0.25) is 14.7 Å². The van der Waals surface area contributed by atoms with Crippen LogP contribution in [0.25, 0.3) is 5.69 Å². The summed E-state index contributed by atoms with van der Waals surface area (Å²) in [7, 11) is 0. The zero-order valence-electron chi connectivity index (χ0n) is 20.4. The van der Waals surface area contributed by atoms with Crippen LogP contribution in [-0.2, 0) is 6.18 Å². The van der Waals surface area contributed by atoms with Crippen LogP contribution in [0, 0.1) is 18.3 Å². The van der Waals surface area contributed by atoms with E-state index in [2.05, 4.69) is 32.0 Å². The third-order valence-corrected chi connectivity index (χ3v) is 5.89. The zero-order chi connectivity index (χ0) is 28.2. The molecule has 0 aliphatic carbocycles. The zero-order valence-corrected chi connectivity index (χ0v) is 21.2. The Balaban J connectivity index is 1.50. The van der Waals surface area contributed by atoms with Gasteiger partial charge < -0.3 is 10.6 Å². The molecule has 0 atom stereocenters. The average molecular weight is 556 g/mol. The number of amides is 1. The smallest absolute Gasteiger partial charge is 0.369 e. The molecule has 2 heterocycles. The first-order valence-corrected chi connectivity index (χ1v) is 12.0. The third-order valence-electron chi connectivity index (χ3n) is 5.64. The van der Waals surface area contributed by atoms with Crippen molar-refractivity contribution in [3.8, 4) is 11.8 Å². The second-order valence-corrected chi connectivity index (χ2v) is 8.90. The quantitative estimate of drug-likeness (QED) is 0.199. The van der Waals surface area contributed by atoms with Crippen molar-refractivity contribution >= 4 is 29.1 Å². The molecule has 0 bridgehead atoms.